The lowest BCUT2D eigenvalue weighted by Crippen LogP contribution is -2.52. The van der Waals surface area contributed by atoms with Crippen LogP contribution in [0.5, 0.6) is 0 Å². The third kappa shape index (κ3) is 3.10. The lowest BCUT2D eigenvalue weighted by Gasteiger charge is -2.32. The summed E-state index contributed by atoms with van der Waals surface area (Å²) < 4.78 is 49.3. The third-order valence-corrected chi connectivity index (χ3v) is 6.07. The molecule has 0 spiro atoms. The normalized spacial score (nSPS) is 19.1. The molecule has 2 rings (SSSR count). The van der Waals surface area contributed by atoms with Gasteiger partial charge in [-0.3, -0.25) is 0 Å². The number of nitrogens with two attached hydrogens (primary N) is 2. The molecule has 1 heterocycles. The molecule has 20 heavy (non-hydrogen) atoms. The lowest BCUT2D eigenvalue weighted by atomic mass is 10.3. The summed E-state index contributed by atoms with van der Waals surface area (Å²) in [7, 11) is -7.40. The van der Waals surface area contributed by atoms with Gasteiger partial charge in [0.2, 0.25) is 10.0 Å². The number of rotatable bonds is 3. The smallest absolute Gasteiger partial charge is 0.276 e. The maximum atomic E-state index is 12.3. The summed E-state index contributed by atoms with van der Waals surface area (Å²) in [5.41, 5.74) is 5.99. The van der Waals surface area contributed by atoms with Gasteiger partial charge in [-0.2, -0.15) is 17.0 Å². The fourth-order valence-corrected chi connectivity index (χ4v) is 4.05. The van der Waals surface area contributed by atoms with Gasteiger partial charge in [-0.05, 0) is 24.3 Å². The lowest BCUT2D eigenvalue weighted by molar-refractivity contribution is 0.273. The minimum atomic E-state index is -3.77. The van der Waals surface area contributed by atoms with Crippen LogP contribution in [0.1, 0.15) is 0 Å². The van der Waals surface area contributed by atoms with E-state index in [0.717, 1.165) is 4.31 Å². The van der Waals surface area contributed by atoms with E-state index in [1.54, 1.807) is 0 Å². The Morgan fingerprint density at radius 2 is 1.30 bits per heavy atom. The Labute approximate surface area is 118 Å². The van der Waals surface area contributed by atoms with Gasteiger partial charge in [-0.15, -0.1) is 0 Å². The Morgan fingerprint density at radius 1 is 0.850 bits per heavy atom. The first-order chi connectivity index (χ1) is 9.21. The van der Waals surface area contributed by atoms with Crippen LogP contribution in [0.2, 0.25) is 0 Å². The number of benzene rings is 1. The molecule has 0 unspecified atom stereocenters. The van der Waals surface area contributed by atoms with Gasteiger partial charge in [0.1, 0.15) is 0 Å². The first-order valence-corrected chi connectivity index (χ1v) is 8.79. The molecule has 0 radical (unpaired) electrons. The molecule has 0 saturated carbocycles. The van der Waals surface area contributed by atoms with Crippen molar-refractivity contribution in [1.29, 1.82) is 0 Å². The van der Waals surface area contributed by atoms with Gasteiger partial charge in [-0.1, -0.05) is 0 Å². The summed E-state index contributed by atoms with van der Waals surface area (Å²) >= 11 is 0. The first-order valence-electron chi connectivity index (χ1n) is 5.85. The van der Waals surface area contributed by atoms with Crippen molar-refractivity contribution in [2.24, 2.45) is 5.14 Å². The monoisotopic (exact) mass is 320 g/mol. The number of hydrogen-bond donors (Lipinski definition) is 2. The maximum Gasteiger partial charge on any atom is 0.276 e. The van der Waals surface area contributed by atoms with Crippen LogP contribution in [-0.2, 0) is 20.2 Å². The van der Waals surface area contributed by atoms with Crippen molar-refractivity contribution >= 4 is 25.9 Å². The molecule has 0 atom stereocenters. The zero-order valence-corrected chi connectivity index (χ0v) is 12.3. The van der Waals surface area contributed by atoms with Gasteiger partial charge in [0.05, 0.1) is 4.90 Å². The Morgan fingerprint density at radius 3 is 1.75 bits per heavy atom. The van der Waals surface area contributed by atoms with Crippen molar-refractivity contribution in [3.05, 3.63) is 24.3 Å². The zero-order chi connectivity index (χ0) is 15.0. The second-order valence-corrected chi connectivity index (χ2v) is 7.90. The molecule has 0 aliphatic carbocycles. The van der Waals surface area contributed by atoms with Crippen LogP contribution in [0.25, 0.3) is 0 Å². The van der Waals surface area contributed by atoms with E-state index in [2.05, 4.69) is 0 Å². The molecule has 0 amide bonds. The average Bonchev–Trinajstić information content (AvgIpc) is 2.38. The van der Waals surface area contributed by atoms with Crippen LogP contribution in [-0.4, -0.2) is 51.6 Å². The average molecular weight is 320 g/mol. The summed E-state index contributed by atoms with van der Waals surface area (Å²) in [6.07, 6.45) is 0. The molecule has 1 aromatic rings. The predicted molar refractivity (Wildman–Crippen MR) is 74.3 cm³/mol. The highest BCUT2D eigenvalue weighted by molar-refractivity contribution is 7.89. The second kappa shape index (κ2) is 5.30. The van der Waals surface area contributed by atoms with E-state index in [1.165, 1.54) is 28.6 Å². The van der Waals surface area contributed by atoms with E-state index in [-0.39, 0.29) is 31.1 Å². The standard InChI is InChI=1S/C10H16N4O4S2/c11-9-1-3-10(4-2-9)19(15,16)13-5-7-14(8-6-13)20(12,17)18/h1-4H,5-8,11H2,(H2,12,17,18). The van der Waals surface area contributed by atoms with Crippen molar-refractivity contribution < 1.29 is 16.8 Å². The van der Waals surface area contributed by atoms with Crippen LogP contribution in [0.3, 0.4) is 0 Å². The molecule has 1 saturated heterocycles. The Kier molecular flexibility index (Phi) is 4.02. The first kappa shape index (κ1) is 15.2. The minimum Gasteiger partial charge on any atom is -0.399 e. The molecular formula is C10H16N4O4S2. The Hall–Kier alpha value is -1.20. The third-order valence-electron chi connectivity index (χ3n) is 3.08. The highest BCUT2D eigenvalue weighted by atomic mass is 32.2. The topological polar surface area (TPSA) is 127 Å². The molecule has 0 aromatic heterocycles. The minimum absolute atomic E-state index is 0.0486. The number of anilines is 1. The van der Waals surface area contributed by atoms with E-state index < -0.39 is 20.2 Å². The van der Waals surface area contributed by atoms with Crippen molar-refractivity contribution in [1.82, 2.24) is 8.61 Å². The van der Waals surface area contributed by atoms with Crippen molar-refractivity contribution in [3.63, 3.8) is 0 Å². The van der Waals surface area contributed by atoms with Gasteiger partial charge < -0.3 is 5.73 Å². The van der Waals surface area contributed by atoms with E-state index in [9.17, 15) is 16.8 Å². The molecule has 10 heteroatoms. The van der Waals surface area contributed by atoms with Crippen LogP contribution in [0, 0.1) is 0 Å². The molecule has 1 aliphatic heterocycles. The highest BCUT2D eigenvalue weighted by Gasteiger charge is 2.31. The Balaban J connectivity index is 2.15. The zero-order valence-electron chi connectivity index (χ0n) is 10.6. The number of nitrogens with zero attached hydrogens (tertiary/aromatic N) is 2. The van der Waals surface area contributed by atoms with Crippen LogP contribution >= 0.6 is 0 Å². The molecule has 1 aromatic carbocycles. The summed E-state index contributed by atoms with van der Waals surface area (Å²) in [6, 6.07) is 5.87. The van der Waals surface area contributed by atoms with Gasteiger partial charge >= 0.3 is 0 Å². The maximum absolute atomic E-state index is 12.3. The van der Waals surface area contributed by atoms with Crippen LogP contribution in [0.4, 0.5) is 5.69 Å². The molecule has 8 nitrogen and oxygen atoms in total. The fourth-order valence-electron chi connectivity index (χ4n) is 1.95. The quantitative estimate of drug-likeness (QED) is 0.675. The van der Waals surface area contributed by atoms with E-state index in [1.807, 2.05) is 0 Å². The van der Waals surface area contributed by atoms with Gasteiger partial charge in [0, 0.05) is 31.9 Å². The fraction of sp³-hybridized carbons (Fsp3) is 0.400. The van der Waals surface area contributed by atoms with Gasteiger partial charge in [0.15, 0.2) is 0 Å². The molecule has 4 N–H and O–H groups in total. The SMILES string of the molecule is Nc1ccc(S(=O)(=O)N2CCN(S(N)(=O)=O)CC2)cc1. The molecule has 1 fully saturated rings. The van der Waals surface area contributed by atoms with Crippen molar-refractivity contribution in [2.45, 2.75) is 4.90 Å². The Bertz CT molecular complexity index is 676. The second-order valence-electron chi connectivity index (χ2n) is 4.42. The van der Waals surface area contributed by atoms with Crippen LogP contribution in [0.15, 0.2) is 29.2 Å². The molecule has 0 bridgehead atoms. The van der Waals surface area contributed by atoms with Gasteiger partial charge in [-0.25, -0.2) is 13.6 Å². The molecule has 112 valence electrons. The number of hydrogen-bond acceptors (Lipinski definition) is 5. The summed E-state index contributed by atoms with van der Waals surface area (Å²) in [4.78, 5) is 0.135. The van der Waals surface area contributed by atoms with Crippen LogP contribution < -0.4 is 10.9 Å². The predicted octanol–water partition coefficient (Wildman–Crippen LogP) is -1.22. The van der Waals surface area contributed by atoms with E-state index in [4.69, 9.17) is 10.9 Å². The molecule has 1 aliphatic rings. The summed E-state index contributed by atoms with van der Waals surface area (Å²) in [6.45, 7) is 0.242. The van der Waals surface area contributed by atoms with E-state index >= 15 is 0 Å². The van der Waals surface area contributed by atoms with E-state index in [0.29, 0.717) is 5.69 Å². The van der Waals surface area contributed by atoms with Crippen molar-refractivity contribution in [3.8, 4) is 0 Å². The largest absolute Gasteiger partial charge is 0.399 e. The number of nitrogen functional groups attached to an aromatic ring is 1. The summed E-state index contributed by atoms with van der Waals surface area (Å²) in [5, 5.41) is 5.01. The molecular weight excluding hydrogens is 304 g/mol. The van der Waals surface area contributed by atoms with Gasteiger partial charge in [0.25, 0.3) is 10.2 Å². The summed E-state index contributed by atoms with van der Waals surface area (Å²) in [5.74, 6) is 0. The van der Waals surface area contributed by atoms with Crippen molar-refractivity contribution in [2.75, 3.05) is 31.9 Å². The highest BCUT2D eigenvalue weighted by Crippen LogP contribution is 2.19. The number of piperazine rings is 1. The number of sulfonamides is 1.